The van der Waals surface area contributed by atoms with Gasteiger partial charge in [0, 0.05) is 12.1 Å². The molecule has 0 fully saturated rings. The second-order valence-corrected chi connectivity index (χ2v) is 5.10. The molecule has 2 aromatic carbocycles. The smallest absolute Gasteiger partial charge is 0.387 e. The number of rotatable bonds is 8. The van der Waals surface area contributed by atoms with E-state index in [4.69, 9.17) is 9.47 Å². The maximum Gasteiger partial charge on any atom is 0.387 e. The summed E-state index contributed by atoms with van der Waals surface area (Å²) in [5.41, 5.74) is 1.25. The van der Waals surface area contributed by atoms with Crippen LogP contribution >= 0.6 is 0 Å². The van der Waals surface area contributed by atoms with Crippen LogP contribution in [0.3, 0.4) is 0 Å². The number of benzene rings is 2. The highest BCUT2D eigenvalue weighted by Gasteiger charge is 2.14. The highest BCUT2D eigenvalue weighted by atomic mass is 19.3. The van der Waals surface area contributed by atoms with Crippen molar-refractivity contribution < 1.29 is 27.8 Å². The molecule has 5 nitrogen and oxygen atoms in total. The van der Waals surface area contributed by atoms with Crippen molar-refractivity contribution >= 4 is 5.91 Å². The number of carbonyl (C=O) groups is 1. The molecular formula is C18H19F2NO4. The first-order chi connectivity index (χ1) is 12.0. The van der Waals surface area contributed by atoms with Gasteiger partial charge in [-0.25, -0.2) is 0 Å². The largest absolute Gasteiger partial charge is 0.497 e. The van der Waals surface area contributed by atoms with Crippen LogP contribution in [0, 0.1) is 0 Å². The van der Waals surface area contributed by atoms with E-state index in [1.807, 2.05) is 24.3 Å². The van der Waals surface area contributed by atoms with Gasteiger partial charge in [-0.15, -0.1) is 0 Å². The molecule has 0 saturated carbocycles. The number of hydrogen-bond donors (Lipinski definition) is 1. The topological polar surface area (TPSA) is 56.8 Å². The number of hydrogen-bond acceptors (Lipinski definition) is 4. The van der Waals surface area contributed by atoms with Gasteiger partial charge in [-0.05, 0) is 42.3 Å². The van der Waals surface area contributed by atoms with Crippen molar-refractivity contribution in [3.63, 3.8) is 0 Å². The van der Waals surface area contributed by atoms with Crippen LogP contribution in [0.1, 0.15) is 15.9 Å². The van der Waals surface area contributed by atoms with Gasteiger partial charge < -0.3 is 19.5 Å². The van der Waals surface area contributed by atoms with Gasteiger partial charge in [-0.1, -0.05) is 12.1 Å². The lowest BCUT2D eigenvalue weighted by Gasteiger charge is -2.12. The monoisotopic (exact) mass is 351 g/mol. The zero-order valence-electron chi connectivity index (χ0n) is 13.9. The van der Waals surface area contributed by atoms with Crippen LogP contribution in [0.15, 0.2) is 42.5 Å². The third-order valence-corrected chi connectivity index (χ3v) is 3.50. The summed E-state index contributed by atoms with van der Waals surface area (Å²) in [7, 11) is 2.93. The Morgan fingerprint density at radius 2 is 1.76 bits per heavy atom. The van der Waals surface area contributed by atoms with E-state index >= 15 is 0 Å². The van der Waals surface area contributed by atoms with E-state index in [1.54, 1.807) is 7.11 Å². The van der Waals surface area contributed by atoms with E-state index in [0.717, 1.165) is 11.3 Å². The Morgan fingerprint density at radius 3 is 2.36 bits per heavy atom. The number of alkyl halides is 2. The van der Waals surface area contributed by atoms with Crippen LogP contribution in [0.5, 0.6) is 17.2 Å². The average molecular weight is 351 g/mol. The van der Waals surface area contributed by atoms with Gasteiger partial charge in [-0.3, -0.25) is 4.79 Å². The molecule has 0 heterocycles. The van der Waals surface area contributed by atoms with Crippen molar-refractivity contribution in [2.45, 2.75) is 13.0 Å². The molecule has 0 atom stereocenters. The van der Waals surface area contributed by atoms with Gasteiger partial charge in [0.05, 0.1) is 14.2 Å². The Bertz CT molecular complexity index is 705. The van der Waals surface area contributed by atoms with E-state index in [2.05, 4.69) is 10.1 Å². The molecule has 0 aliphatic carbocycles. The van der Waals surface area contributed by atoms with Crippen LogP contribution in [-0.2, 0) is 6.42 Å². The summed E-state index contributed by atoms with van der Waals surface area (Å²) in [6.45, 7) is -2.59. The Hall–Kier alpha value is -2.83. The first-order valence-electron chi connectivity index (χ1n) is 7.57. The van der Waals surface area contributed by atoms with Gasteiger partial charge in [0.1, 0.15) is 5.75 Å². The first kappa shape index (κ1) is 18.5. The standard InChI is InChI=1S/C18H19F2NO4/c1-23-14-6-3-12(4-7-14)9-10-21-17(22)13-5-8-15(24-2)16(11-13)25-18(19)20/h3-8,11,18H,9-10H2,1-2H3,(H,21,22). The third kappa shape index (κ3) is 5.34. The summed E-state index contributed by atoms with van der Waals surface area (Å²) in [4.78, 5) is 12.2. The second kappa shape index (κ2) is 8.86. The Morgan fingerprint density at radius 1 is 1.04 bits per heavy atom. The SMILES string of the molecule is COc1ccc(CCNC(=O)c2ccc(OC)c(OC(F)F)c2)cc1. The van der Waals surface area contributed by atoms with Crippen molar-refractivity contribution in [3.8, 4) is 17.2 Å². The fraction of sp³-hybridized carbons (Fsp3) is 0.278. The number of methoxy groups -OCH3 is 2. The quantitative estimate of drug-likeness (QED) is 0.793. The molecule has 0 radical (unpaired) electrons. The fourth-order valence-electron chi connectivity index (χ4n) is 2.22. The normalized spacial score (nSPS) is 10.4. The van der Waals surface area contributed by atoms with Crippen molar-refractivity contribution in [3.05, 3.63) is 53.6 Å². The summed E-state index contributed by atoms with van der Waals surface area (Å²) in [6, 6.07) is 11.6. The summed E-state index contributed by atoms with van der Waals surface area (Å²) in [5, 5.41) is 2.74. The zero-order chi connectivity index (χ0) is 18.2. The van der Waals surface area contributed by atoms with E-state index in [1.165, 1.54) is 25.3 Å². The van der Waals surface area contributed by atoms with Gasteiger partial charge in [-0.2, -0.15) is 8.78 Å². The molecule has 1 amide bonds. The van der Waals surface area contributed by atoms with Crippen LogP contribution in [0.2, 0.25) is 0 Å². The number of halogens is 2. The van der Waals surface area contributed by atoms with Crippen molar-refractivity contribution in [1.29, 1.82) is 0 Å². The molecule has 2 rings (SSSR count). The lowest BCUT2D eigenvalue weighted by Crippen LogP contribution is -2.25. The minimum absolute atomic E-state index is 0.134. The highest BCUT2D eigenvalue weighted by molar-refractivity contribution is 5.94. The summed E-state index contributed by atoms with van der Waals surface area (Å²) < 4.78 is 39.2. The Labute approximate surface area is 144 Å². The van der Waals surface area contributed by atoms with Gasteiger partial charge in [0.2, 0.25) is 0 Å². The maximum absolute atomic E-state index is 12.4. The fourth-order valence-corrected chi connectivity index (χ4v) is 2.22. The van der Waals surface area contributed by atoms with Gasteiger partial charge in [0.25, 0.3) is 5.91 Å². The van der Waals surface area contributed by atoms with Crippen molar-refractivity contribution in [2.75, 3.05) is 20.8 Å². The van der Waals surface area contributed by atoms with Crippen molar-refractivity contribution in [2.24, 2.45) is 0 Å². The summed E-state index contributed by atoms with van der Waals surface area (Å²) in [6.07, 6.45) is 0.631. The lowest BCUT2D eigenvalue weighted by molar-refractivity contribution is -0.0512. The Kier molecular flexibility index (Phi) is 6.56. The molecule has 134 valence electrons. The summed E-state index contributed by atoms with van der Waals surface area (Å²) >= 11 is 0. The van der Waals surface area contributed by atoms with Crippen LogP contribution in [-0.4, -0.2) is 33.3 Å². The van der Waals surface area contributed by atoms with E-state index in [-0.39, 0.29) is 23.0 Å². The van der Waals surface area contributed by atoms with E-state index in [9.17, 15) is 13.6 Å². The molecular weight excluding hydrogens is 332 g/mol. The molecule has 25 heavy (non-hydrogen) atoms. The highest BCUT2D eigenvalue weighted by Crippen LogP contribution is 2.29. The molecule has 0 aliphatic heterocycles. The second-order valence-electron chi connectivity index (χ2n) is 5.10. The molecule has 0 saturated heterocycles. The molecule has 0 aromatic heterocycles. The van der Waals surface area contributed by atoms with E-state index < -0.39 is 6.61 Å². The molecule has 7 heteroatoms. The molecule has 1 N–H and O–H groups in total. The molecule has 0 bridgehead atoms. The van der Waals surface area contributed by atoms with Crippen LogP contribution < -0.4 is 19.5 Å². The van der Waals surface area contributed by atoms with Gasteiger partial charge in [0.15, 0.2) is 11.5 Å². The maximum atomic E-state index is 12.4. The predicted molar refractivity (Wildman–Crippen MR) is 88.7 cm³/mol. The predicted octanol–water partition coefficient (Wildman–Crippen LogP) is 3.28. The van der Waals surface area contributed by atoms with Crippen LogP contribution in [0.4, 0.5) is 8.78 Å². The first-order valence-corrected chi connectivity index (χ1v) is 7.57. The number of nitrogens with one attached hydrogen (secondary N) is 1. The molecule has 0 spiro atoms. The molecule has 0 aliphatic rings. The number of carbonyl (C=O) groups excluding carboxylic acids is 1. The third-order valence-electron chi connectivity index (χ3n) is 3.50. The lowest BCUT2D eigenvalue weighted by atomic mass is 10.1. The minimum atomic E-state index is -3.00. The zero-order valence-corrected chi connectivity index (χ0v) is 13.9. The van der Waals surface area contributed by atoms with Crippen molar-refractivity contribution in [1.82, 2.24) is 5.32 Å². The molecule has 0 unspecified atom stereocenters. The summed E-state index contributed by atoms with van der Waals surface area (Å²) in [5.74, 6) is 0.336. The number of amides is 1. The van der Waals surface area contributed by atoms with Crippen LogP contribution in [0.25, 0.3) is 0 Å². The average Bonchev–Trinajstić information content (AvgIpc) is 2.61. The Balaban J connectivity index is 1.95. The minimum Gasteiger partial charge on any atom is -0.497 e. The number of ether oxygens (including phenoxy) is 3. The molecule has 2 aromatic rings. The van der Waals surface area contributed by atoms with E-state index in [0.29, 0.717) is 13.0 Å². The van der Waals surface area contributed by atoms with Gasteiger partial charge >= 0.3 is 6.61 Å².